The van der Waals surface area contributed by atoms with Gasteiger partial charge in [0.1, 0.15) is 5.75 Å². The van der Waals surface area contributed by atoms with Gasteiger partial charge < -0.3 is 30.1 Å². The van der Waals surface area contributed by atoms with Gasteiger partial charge in [-0.2, -0.15) is 4.98 Å². The molecule has 1 aromatic heterocycles. The maximum absolute atomic E-state index is 9.50. The third-order valence-electron chi connectivity index (χ3n) is 5.43. The second-order valence-corrected chi connectivity index (χ2v) is 8.84. The standard InChI is InChI=1S/C23H27ClN4O4/c1-14(2)31-20-6-4-17(10-18(20)24)22-26-21(27-32-22)16-3-5-19-15(9-16)7-8-28(19)11-23(25,12-29)13-30/h3-6,9-10,14,29-30H,7-8,11-13,25H2,1-2H3. The molecule has 0 radical (unpaired) electrons. The number of benzene rings is 2. The largest absolute Gasteiger partial charge is 0.489 e. The van der Waals surface area contributed by atoms with Crippen molar-refractivity contribution >= 4 is 17.3 Å². The Kier molecular flexibility index (Phi) is 6.39. The number of fused-ring (bicyclic) bond motifs is 1. The number of rotatable bonds is 8. The highest BCUT2D eigenvalue weighted by atomic mass is 35.5. The lowest BCUT2D eigenvalue weighted by molar-refractivity contribution is 0.125. The molecule has 8 nitrogen and oxygen atoms in total. The predicted molar refractivity (Wildman–Crippen MR) is 123 cm³/mol. The fourth-order valence-electron chi connectivity index (χ4n) is 3.74. The number of nitrogens with zero attached hydrogens (tertiary/aromatic N) is 3. The van der Waals surface area contributed by atoms with Gasteiger partial charge in [0, 0.05) is 29.9 Å². The first-order valence-electron chi connectivity index (χ1n) is 10.5. The summed E-state index contributed by atoms with van der Waals surface area (Å²) < 4.78 is 11.1. The summed E-state index contributed by atoms with van der Waals surface area (Å²) in [6.07, 6.45) is 0.853. The highest BCUT2D eigenvalue weighted by Gasteiger charge is 2.30. The fraction of sp³-hybridized carbons (Fsp3) is 0.391. The molecule has 0 unspecified atom stereocenters. The lowest BCUT2D eigenvalue weighted by atomic mass is 10.0. The molecule has 2 aromatic carbocycles. The third-order valence-corrected chi connectivity index (χ3v) is 5.73. The zero-order valence-electron chi connectivity index (χ0n) is 18.1. The van der Waals surface area contributed by atoms with Gasteiger partial charge in [-0.1, -0.05) is 16.8 Å². The van der Waals surface area contributed by atoms with Crippen LogP contribution >= 0.6 is 11.6 Å². The number of hydrogen-bond donors (Lipinski definition) is 3. The van der Waals surface area contributed by atoms with Crippen LogP contribution in [-0.4, -0.2) is 58.3 Å². The van der Waals surface area contributed by atoms with Crippen molar-refractivity contribution in [2.24, 2.45) is 5.73 Å². The normalized spacial score (nSPS) is 13.7. The SMILES string of the molecule is CC(C)Oc1ccc(-c2nc(-c3ccc4c(c3)CCN4CC(N)(CO)CO)no2)cc1Cl. The smallest absolute Gasteiger partial charge is 0.258 e. The van der Waals surface area contributed by atoms with E-state index in [1.165, 1.54) is 0 Å². The van der Waals surface area contributed by atoms with Crippen LogP contribution in [0.1, 0.15) is 19.4 Å². The molecule has 0 saturated carbocycles. The molecule has 3 aromatic rings. The molecule has 4 rings (SSSR count). The molecule has 0 atom stereocenters. The number of halogens is 1. The van der Waals surface area contributed by atoms with Gasteiger partial charge >= 0.3 is 0 Å². The molecule has 0 spiro atoms. The number of anilines is 1. The highest BCUT2D eigenvalue weighted by Crippen LogP contribution is 2.34. The van der Waals surface area contributed by atoms with E-state index in [0.717, 1.165) is 29.8 Å². The Bertz CT molecular complexity index is 1100. The highest BCUT2D eigenvalue weighted by molar-refractivity contribution is 6.32. The molecule has 0 aliphatic carbocycles. The minimum absolute atomic E-state index is 0.0256. The van der Waals surface area contributed by atoms with Crippen molar-refractivity contribution < 1.29 is 19.5 Å². The molecule has 4 N–H and O–H groups in total. The number of aromatic nitrogens is 2. The Morgan fingerprint density at radius 1 is 1.19 bits per heavy atom. The summed E-state index contributed by atoms with van der Waals surface area (Å²) >= 11 is 6.33. The first kappa shape index (κ1) is 22.5. The van der Waals surface area contributed by atoms with Crippen LogP contribution in [0.4, 0.5) is 5.69 Å². The summed E-state index contributed by atoms with van der Waals surface area (Å²) in [7, 11) is 0. The lowest BCUT2D eigenvalue weighted by Crippen LogP contribution is -2.55. The van der Waals surface area contributed by atoms with Crippen LogP contribution in [0, 0.1) is 0 Å². The number of nitrogens with two attached hydrogens (primary N) is 1. The molecule has 0 bridgehead atoms. The minimum atomic E-state index is -1.04. The van der Waals surface area contributed by atoms with Crippen molar-refractivity contribution in [1.82, 2.24) is 10.1 Å². The van der Waals surface area contributed by atoms with Crippen LogP contribution in [0.15, 0.2) is 40.9 Å². The quantitative estimate of drug-likeness (QED) is 0.471. The summed E-state index contributed by atoms with van der Waals surface area (Å²) in [6, 6.07) is 11.3. The monoisotopic (exact) mass is 458 g/mol. The van der Waals surface area contributed by atoms with E-state index in [1.54, 1.807) is 12.1 Å². The van der Waals surface area contributed by atoms with Crippen molar-refractivity contribution in [1.29, 1.82) is 0 Å². The second kappa shape index (κ2) is 9.07. The number of ether oxygens (including phenoxy) is 1. The summed E-state index contributed by atoms with van der Waals surface area (Å²) in [5.74, 6) is 1.47. The second-order valence-electron chi connectivity index (χ2n) is 8.43. The fourth-order valence-corrected chi connectivity index (χ4v) is 3.97. The summed E-state index contributed by atoms with van der Waals surface area (Å²) in [4.78, 5) is 6.62. The lowest BCUT2D eigenvalue weighted by Gasteiger charge is -2.31. The van der Waals surface area contributed by atoms with Gasteiger partial charge in [0.2, 0.25) is 5.82 Å². The zero-order chi connectivity index (χ0) is 22.9. The molecule has 170 valence electrons. The topological polar surface area (TPSA) is 118 Å². The minimum Gasteiger partial charge on any atom is -0.489 e. The average molecular weight is 459 g/mol. The van der Waals surface area contributed by atoms with Crippen molar-refractivity contribution in [3.63, 3.8) is 0 Å². The molecular formula is C23H27ClN4O4. The van der Waals surface area contributed by atoms with Crippen LogP contribution in [0.25, 0.3) is 22.8 Å². The van der Waals surface area contributed by atoms with E-state index in [2.05, 4.69) is 15.0 Å². The first-order chi connectivity index (χ1) is 15.3. The van der Waals surface area contributed by atoms with Gasteiger partial charge in [-0.05, 0) is 62.2 Å². The van der Waals surface area contributed by atoms with E-state index in [9.17, 15) is 10.2 Å². The number of aliphatic hydroxyl groups is 2. The maximum Gasteiger partial charge on any atom is 0.258 e. The Hall–Kier alpha value is -2.65. The Morgan fingerprint density at radius 3 is 2.62 bits per heavy atom. The van der Waals surface area contributed by atoms with Gasteiger partial charge in [0.05, 0.1) is 29.9 Å². The van der Waals surface area contributed by atoms with E-state index >= 15 is 0 Å². The van der Waals surface area contributed by atoms with Gasteiger partial charge in [-0.15, -0.1) is 0 Å². The molecule has 1 aliphatic rings. The van der Waals surface area contributed by atoms with Crippen molar-refractivity contribution in [3.8, 4) is 28.6 Å². The van der Waals surface area contributed by atoms with E-state index in [1.807, 2.05) is 38.1 Å². The van der Waals surface area contributed by atoms with Crippen LogP contribution < -0.4 is 15.4 Å². The zero-order valence-corrected chi connectivity index (χ0v) is 18.8. The van der Waals surface area contributed by atoms with Crippen molar-refractivity contribution in [2.75, 3.05) is 31.2 Å². The molecule has 0 saturated heterocycles. The number of aliphatic hydroxyl groups excluding tert-OH is 2. The molecule has 9 heteroatoms. The van der Waals surface area contributed by atoms with E-state index in [-0.39, 0.29) is 19.3 Å². The first-order valence-corrected chi connectivity index (χ1v) is 10.9. The van der Waals surface area contributed by atoms with Crippen molar-refractivity contribution in [3.05, 3.63) is 47.0 Å². The molecular weight excluding hydrogens is 432 g/mol. The molecule has 0 amide bonds. The molecule has 2 heterocycles. The van der Waals surface area contributed by atoms with Crippen LogP contribution in [-0.2, 0) is 6.42 Å². The third kappa shape index (κ3) is 4.59. The maximum atomic E-state index is 9.50. The van der Waals surface area contributed by atoms with Crippen molar-refractivity contribution in [2.45, 2.75) is 31.9 Å². The van der Waals surface area contributed by atoms with Gasteiger partial charge in [0.25, 0.3) is 5.89 Å². The Balaban J connectivity index is 1.54. The van der Waals surface area contributed by atoms with Gasteiger partial charge in [0.15, 0.2) is 0 Å². The Labute approximate surface area is 191 Å². The van der Waals surface area contributed by atoms with Crippen LogP contribution in [0.5, 0.6) is 5.75 Å². The Morgan fingerprint density at radius 2 is 1.94 bits per heavy atom. The number of hydrogen-bond acceptors (Lipinski definition) is 8. The van der Waals surface area contributed by atoms with Gasteiger partial charge in [-0.25, -0.2) is 0 Å². The summed E-state index contributed by atoms with van der Waals surface area (Å²) in [6.45, 7) is 4.45. The summed E-state index contributed by atoms with van der Waals surface area (Å²) in [5, 5.41) is 23.6. The van der Waals surface area contributed by atoms with Crippen LogP contribution in [0.2, 0.25) is 5.02 Å². The van der Waals surface area contributed by atoms with Crippen LogP contribution in [0.3, 0.4) is 0 Å². The average Bonchev–Trinajstić information content (AvgIpc) is 3.42. The molecule has 1 aliphatic heterocycles. The van der Waals surface area contributed by atoms with E-state index in [4.69, 9.17) is 26.6 Å². The van der Waals surface area contributed by atoms with Gasteiger partial charge in [-0.3, -0.25) is 0 Å². The molecule has 0 fully saturated rings. The molecule has 32 heavy (non-hydrogen) atoms. The predicted octanol–water partition coefficient (Wildman–Crippen LogP) is 2.89. The van der Waals surface area contributed by atoms with E-state index < -0.39 is 5.54 Å². The van der Waals surface area contributed by atoms with E-state index in [0.29, 0.717) is 34.6 Å². The summed E-state index contributed by atoms with van der Waals surface area (Å²) in [5.41, 5.74) is 8.74.